The molecule has 9 nitrogen and oxygen atoms in total. The third-order valence-electron chi connectivity index (χ3n) is 5.48. The van der Waals surface area contributed by atoms with E-state index < -0.39 is 39.9 Å². The predicted octanol–water partition coefficient (Wildman–Crippen LogP) is 3.33. The van der Waals surface area contributed by atoms with Gasteiger partial charge in [0.15, 0.2) is 0 Å². The second kappa shape index (κ2) is 12.3. The van der Waals surface area contributed by atoms with Gasteiger partial charge < -0.3 is 19.7 Å². The molecule has 2 aromatic carbocycles. The summed E-state index contributed by atoms with van der Waals surface area (Å²) in [7, 11) is -1.14. The molecule has 0 fully saturated rings. The molecule has 0 radical (unpaired) electrons. The number of benzene rings is 2. The van der Waals surface area contributed by atoms with E-state index in [0.29, 0.717) is 11.3 Å². The minimum atomic E-state index is -3.96. The Morgan fingerprint density at radius 2 is 1.68 bits per heavy atom. The first-order chi connectivity index (χ1) is 17.2. The lowest BCUT2D eigenvalue weighted by Gasteiger charge is -2.34. The molecule has 204 valence electrons. The fourth-order valence-corrected chi connectivity index (χ4v) is 4.59. The topological polar surface area (TPSA) is 105 Å². The van der Waals surface area contributed by atoms with Gasteiger partial charge in [-0.15, -0.1) is 0 Å². The maximum atomic E-state index is 13.8. The summed E-state index contributed by atoms with van der Waals surface area (Å²) in [6.45, 7) is 6.61. The lowest BCUT2D eigenvalue weighted by Crippen LogP contribution is -2.55. The van der Waals surface area contributed by atoms with Gasteiger partial charge in [-0.3, -0.25) is 13.9 Å². The number of rotatable bonds is 11. The minimum Gasteiger partial charge on any atom is -0.497 e. The zero-order valence-corrected chi connectivity index (χ0v) is 23.2. The van der Waals surface area contributed by atoms with Crippen LogP contribution in [0.5, 0.6) is 11.5 Å². The molecule has 1 N–H and O–H groups in total. The first-order valence-electron chi connectivity index (χ1n) is 11.8. The van der Waals surface area contributed by atoms with Gasteiger partial charge in [-0.1, -0.05) is 19.1 Å². The largest absolute Gasteiger partial charge is 0.497 e. The maximum Gasteiger partial charge on any atom is 0.244 e. The number of nitrogens with zero attached hydrogens (tertiary/aromatic N) is 2. The highest BCUT2D eigenvalue weighted by molar-refractivity contribution is 7.92. The molecule has 11 heteroatoms. The molecule has 0 saturated carbocycles. The molecule has 1 atom stereocenters. The molecule has 0 aromatic heterocycles. The van der Waals surface area contributed by atoms with Crippen LogP contribution in [0.1, 0.15) is 39.7 Å². The molecular weight excluding hydrogens is 501 g/mol. The van der Waals surface area contributed by atoms with Crippen molar-refractivity contribution in [2.45, 2.75) is 52.2 Å². The van der Waals surface area contributed by atoms with Crippen LogP contribution in [0.2, 0.25) is 0 Å². The Labute approximate surface area is 218 Å². The van der Waals surface area contributed by atoms with E-state index in [1.807, 2.05) is 20.8 Å². The maximum absolute atomic E-state index is 13.8. The monoisotopic (exact) mass is 537 g/mol. The number of sulfonamides is 1. The first kappa shape index (κ1) is 29.9. The minimum absolute atomic E-state index is 0.0258. The Hall–Kier alpha value is -3.34. The van der Waals surface area contributed by atoms with Crippen molar-refractivity contribution in [1.82, 2.24) is 10.2 Å². The average Bonchev–Trinajstić information content (AvgIpc) is 2.81. The van der Waals surface area contributed by atoms with Crippen LogP contribution in [0.4, 0.5) is 10.1 Å². The van der Waals surface area contributed by atoms with Crippen LogP contribution >= 0.6 is 0 Å². The summed E-state index contributed by atoms with van der Waals surface area (Å²) in [4.78, 5) is 28.3. The number of ether oxygens (including phenoxy) is 2. The van der Waals surface area contributed by atoms with Crippen molar-refractivity contribution in [3.05, 3.63) is 53.8 Å². The van der Waals surface area contributed by atoms with E-state index in [1.165, 1.54) is 49.5 Å². The van der Waals surface area contributed by atoms with Crippen molar-refractivity contribution in [3.63, 3.8) is 0 Å². The van der Waals surface area contributed by atoms with Crippen LogP contribution in [0.25, 0.3) is 0 Å². The van der Waals surface area contributed by atoms with Crippen LogP contribution in [0.3, 0.4) is 0 Å². The van der Waals surface area contributed by atoms with Crippen LogP contribution in [0, 0.1) is 5.82 Å². The lowest BCUT2D eigenvalue weighted by molar-refractivity contribution is -0.141. The zero-order valence-electron chi connectivity index (χ0n) is 22.4. The molecule has 2 aromatic rings. The van der Waals surface area contributed by atoms with Gasteiger partial charge in [0.1, 0.15) is 29.9 Å². The zero-order chi connectivity index (χ0) is 28.0. The summed E-state index contributed by atoms with van der Waals surface area (Å²) < 4.78 is 50.7. The van der Waals surface area contributed by atoms with E-state index in [9.17, 15) is 22.4 Å². The summed E-state index contributed by atoms with van der Waals surface area (Å²) in [5.74, 6) is -0.837. The standard InChI is InChI=1S/C26H36FN3O6S/c1-8-21(25(32)28-26(2,3)4)29(16-18-9-11-19(27)12-10-18)24(31)17-30(37(7,33)34)22-15-20(35-5)13-14-23(22)36-6/h9-15,21H,8,16-17H2,1-7H3,(H,28,32)/t21-/m1/s1. The third kappa shape index (κ3) is 8.34. The van der Waals surface area contributed by atoms with Gasteiger partial charge in [-0.2, -0.15) is 0 Å². The Kier molecular flexibility index (Phi) is 9.91. The number of methoxy groups -OCH3 is 2. The number of amides is 2. The Balaban J connectivity index is 2.54. The molecule has 2 rings (SSSR count). The van der Waals surface area contributed by atoms with E-state index >= 15 is 0 Å². The Morgan fingerprint density at radius 1 is 1.05 bits per heavy atom. The summed E-state index contributed by atoms with van der Waals surface area (Å²) in [6, 6.07) is 9.27. The van der Waals surface area contributed by atoms with Gasteiger partial charge >= 0.3 is 0 Å². The molecule has 0 aliphatic carbocycles. The van der Waals surface area contributed by atoms with E-state index in [4.69, 9.17) is 9.47 Å². The highest BCUT2D eigenvalue weighted by Gasteiger charge is 2.33. The highest BCUT2D eigenvalue weighted by atomic mass is 32.2. The number of hydrogen-bond donors (Lipinski definition) is 1. The molecule has 2 amide bonds. The quantitative estimate of drug-likeness (QED) is 0.472. The van der Waals surface area contributed by atoms with Crippen LogP contribution in [-0.4, -0.2) is 63.7 Å². The summed E-state index contributed by atoms with van der Waals surface area (Å²) in [5.41, 5.74) is 0.148. The normalized spacial score (nSPS) is 12.4. The second-order valence-corrected chi connectivity index (χ2v) is 11.5. The van der Waals surface area contributed by atoms with Gasteiger partial charge in [0.2, 0.25) is 21.8 Å². The molecule has 37 heavy (non-hydrogen) atoms. The van der Waals surface area contributed by atoms with Crippen LogP contribution < -0.4 is 19.1 Å². The Bertz CT molecular complexity index is 1200. The highest BCUT2D eigenvalue weighted by Crippen LogP contribution is 2.34. The van der Waals surface area contributed by atoms with E-state index in [-0.39, 0.29) is 30.3 Å². The van der Waals surface area contributed by atoms with Gasteiger partial charge in [0, 0.05) is 18.2 Å². The molecule has 0 heterocycles. The molecule has 0 bridgehead atoms. The summed E-state index contributed by atoms with van der Waals surface area (Å²) in [6.07, 6.45) is 1.25. The van der Waals surface area contributed by atoms with Crippen molar-refractivity contribution < 1.29 is 31.9 Å². The average molecular weight is 538 g/mol. The Morgan fingerprint density at radius 3 is 2.16 bits per heavy atom. The molecular formula is C26H36FN3O6S. The number of halogens is 1. The van der Waals surface area contributed by atoms with Crippen LogP contribution in [-0.2, 0) is 26.2 Å². The fraction of sp³-hybridized carbons (Fsp3) is 0.462. The summed E-state index contributed by atoms with van der Waals surface area (Å²) in [5, 5.41) is 2.89. The van der Waals surface area contributed by atoms with Crippen molar-refractivity contribution in [2.75, 3.05) is 31.3 Å². The van der Waals surface area contributed by atoms with E-state index in [1.54, 1.807) is 19.1 Å². The number of hydrogen-bond acceptors (Lipinski definition) is 6. The number of carbonyl (C=O) groups is 2. The van der Waals surface area contributed by atoms with Gasteiger partial charge in [0.05, 0.1) is 26.2 Å². The van der Waals surface area contributed by atoms with Crippen molar-refractivity contribution in [2.24, 2.45) is 0 Å². The van der Waals surface area contributed by atoms with Crippen LogP contribution in [0.15, 0.2) is 42.5 Å². The number of nitrogens with one attached hydrogen (secondary N) is 1. The molecule has 0 spiro atoms. The third-order valence-corrected chi connectivity index (χ3v) is 6.61. The second-order valence-electron chi connectivity index (χ2n) is 9.62. The molecule has 0 saturated heterocycles. The van der Waals surface area contributed by atoms with Crippen molar-refractivity contribution >= 4 is 27.5 Å². The lowest BCUT2D eigenvalue weighted by atomic mass is 10.1. The number of anilines is 1. The van der Waals surface area contributed by atoms with Gasteiger partial charge in [-0.25, -0.2) is 12.8 Å². The van der Waals surface area contributed by atoms with Crippen molar-refractivity contribution in [1.29, 1.82) is 0 Å². The molecule has 0 unspecified atom stereocenters. The number of carbonyl (C=O) groups excluding carboxylic acids is 2. The summed E-state index contributed by atoms with van der Waals surface area (Å²) >= 11 is 0. The van der Waals surface area contributed by atoms with Gasteiger partial charge in [-0.05, 0) is 57.0 Å². The van der Waals surface area contributed by atoms with Crippen molar-refractivity contribution in [3.8, 4) is 11.5 Å². The molecule has 0 aliphatic heterocycles. The van der Waals surface area contributed by atoms with E-state index in [0.717, 1.165) is 10.6 Å². The SMILES string of the molecule is CC[C@H](C(=O)NC(C)(C)C)N(Cc1ccc(F)cc1)C(=O)CN(c1cc(OC)ccc1OC)S(C)(=O)=O. The smallest absolute Gasteiger partial charge is 0.244 e. The predicted molar refractivity (Wildman–Crippen MR) is 141 cm³/mol. The fourth-order valence-electron chi connectivity index (χ4n) is 3.75. The van der Waals surface area contributed by atoms with E-state index in [2.05, 4.69) is 5.32 Å². The van der Waals surface area contributed by atoms with Gasteiger partial charge in [0.25, 0.3) is 0 Å². The first-order valence-corrected chi connectivity index (χ1v) is 13.6. The molecule has 0 aliphatic rings.